The number of rotatable bonds is 0. The second kappa shape index (κ2) is 4.56. The van der Waals surface area contributed by atoms with Crippen LogP contribution in [-0.4, -0.2) is 4.57 Å². The Morgan fingerprint density at radius 2 is 1.58 bits per heavy atom. The molecule has 1 heterocycles. The lowest BCUT2D eigenvalue weighted by atomic mass is 9.77. The van der Waals surface area contributed by atoms with Crippen LogP contribution in [0.4, 0.5) is 0 Å². The van der Waals surface area contributed by atoms with Gasteiger partial charge in [0, 0.05) is 30.4 Å². The maximum Gasteiger partial charge on any atom is 0.0230 e. The van der Waals surface area contributed by atoms with E-state index in [1.807, 2.05) is 13.8 Å². The molecular weight excluding hydrogens is 230 g/mol. The molecule has 0 unspecified atom stereocenters. The van der Waals surface area contributed by atoms with Crippen molar-refractivity contribution < 1.29 is 0 Å². The fourth-order valence-electron chi connectivity index (χ4n) is 3.98. The normalized spacial score (nSPS) is 17.8. The highest BCUT2D eigenvalue weighted by atomic mass is 14.9. The maximum atomic E-state index is 2.35. The second-order valence-electron chi connectivity index (χ2n) is 5.59. The highest BCUT2D eigenvalue weighted by Gasteiger charge is 2.45. The number of aromatic nitrogens is 1. The first-order valence-corrected chi connectivity index (χ1v) is 7.58. The molecule has 2 aromatic rings. The lowest BCUT2D eigenvalue weighted by Crippen LogP contribution is -2.20. The molecule has 4 rings (SSSR count). The van der Waals surface area contributed by atoms with E-state index < -0.39 is 0 Å². The van der Waals surface area contributed by atoms with E-state index in [1.54, 1.807) is 11.1 Å². The van der Waals surface area contributed by atoms with Gasteiger partial charge in [-0.3, -0.25) is 0 Å². The summed E-state index contributed by atoms with van der Waals surface area (Å²) >= 11 is 0. The van der Waals surface area contributed by atoms with Gasteiger partial charge in [-0.15, -0.1) is 0 Å². The Labute approximate surface area is 116 Å². The van der Waals surface area contributed by atoms with Gasteiger partial charge in [-0.2, -0.15) is 0 Å². The molecule has 0 radical (unpaired) electrons. The highest BCUT2D eigenvalue weighted by molar-refractivity contribution is 5.81. The first-order chi connectivity index (χ1) is 9.31. The predicted molar refractivity (Wildman–Crippen MR) is 81.4 cm³/mol. The molecule has 1 aromatic heterocycles. The minimum Gasteiger partial charge on any atom is -0.356 e. The molecule has 0 atom stereocenters. The zero-order valence-electron chi connectivity index (χ0n) is 12.2. The summed E-state index contributed by atoms with van der Waals surface area (Å²) < 4.78 is 2.22. The van der Waals surface area contributed by atoms with Gasteiger partial charge in [-0.05, 0) is 29.5 Å². The van der Waals surface area contributed by atoms with Crippen molar-refractivity contribution in [2.45, 2.75) is 44.9 Å². The minimum atomic E-state index is 0.354. The SMILES string of the molecule is CC.Cn1cc2c(c1)C1(CCCC1)c1ccccc1-2. The van der Waals surface area contributed by atoms with E-state index in [0.717, 1.165) is 0 Å². The van der Waals surface area contributed by atoms with Crippen LogP contribution >= 0.6 is 0 Å². The molecule has 100 valence electrons. The molecule has 0 amide bonds. The summed E-state index contributed by atoms with van der Waals surface area (Å²) in [7, 11) is 2.14. The predicted octanol–water partition coefficient (Wildman–Crippen LogP) is 4.89. The standard InChI is InChI=1S/C16H17N.C2H6/c1-17-10-13-12-6-2-3-7-14(12)16(15(13)11-17)8-4-5-9-16;1-2/h2-3,6-7,10-11H,4-5,8-9H2,1H3;1-2H3. The molecule has 1 fully saturated rings. The topological polar surface area (TPSA) is 4.93 Å². The van der Waals surface area contributed by atoms with Crippen LogP contribution in [0, 0.1) is 0 Å². The minimum absolute atomic E-state index is 0.354. The van der Waals surface area contributed by atoms with E-state index in [9.17, 15) is 0 Å². The van der Waals surface area contributed by atoms with Gasteiger partial charge in [0.1, 0.15) is 0 Å². The molecule has 0 aliphatic heterocycles. The van der Waals surface area contributed by atoms with Gasteiger partial charge in [0.25, 0.3) is 0 Å². The highest BCUT2D eigenvalue weighted by Crippen LogP contribution is 2.56. The summed E-state index contributed by atoms with van der Waals surface area (Å²) in [5, 5.41) is 0. The Bertz CT molecular complexity index is 585. The van der Waals surface area contributed by atoms with Crippen LogP contribution < -0.4 is 0 Å². The Balaban J connectivity index is 0.000000528. The third-order valence-electron chi connectivity index (χ3n) is 4.66. The van der Waals surface area contributed by atoms with Gasteiger partial charge >= 0.3 is 0 Å². The first kappa shape index (κ1) is 12.5. The molecule has 0 N–H and O–H groups in total. The maximum absolute atomic E-state index is 2.35. The van der Waals surface area contributed by atoms with Crippen LogP contribution in [0.2, 0.25) is 0 Å². The van der Waals surface area contributed by atoms with Gasteiger partial charge < -0.3 is 4.57 Å². The van der Waals surface area contributed by atoms with Gasteiger partial charge in [-0.25, -0.2) is 0 Å². The van der Waals surface area contributed by atoms with E-state index in [1.165, 1.54) is 36.8 Å². The smallest absolute Gasteiger partial charge is 0.0230 e. The Morgan fingerprint density at radius 3 is 2.32 bits per heavy atom. The molecule has 1 saturated carbocycles. The quantitative estimate of drug-likeness (QED) is 0.630. The summed E-state index contributed by atoms with van der Waals surface area (Å²) in [4.78, 5) is 0. The Hall–Kier alpha value is -1.50. The third-order valence-corrected chi connectivity index (χ3v) is 4.66. The molecule has 1 nitrogen and oxygen atoms in total. The van der Waals surface area contributed by atoms with Crippen molar-refractivity contribution in [3.63, 3.8) is 0 Å². The summed E-state index contributed by atoms with van der Waals surface area (Å²) in [5.41, 5.74) is 6.48. The van der Waals surface area contributed by atoms with Gasteiger partial charge in [0.15, 0.2) is 0 Å². The summed E-state index contributed by atoms with van der Waals surface area (Å²) in [5.74, 6) is 0. The number of hydrogen-bond donors (Lipinski definition) is 0. The van der Waals surface area contributed by atoms with E-state index in [2.05, 4.69) is 48.3 Å². The molecule has 19 heavy (non-hydrogen) atoms. The van der Waals surface area contributed by atoms with E-state index in [0.29, 0.717) is 5.41 Å². The first-order valence-electron chi connectivity index (χ1n) is 7.58. The third kappa shape index (κ3) is 1.60. The number of benzene rings is 1. The lowest BCUT2D eigenvalue weighted by Gasteiger charge is -2.25. The molecule has 0 bridgehead atoms. The Morgan fingerprint density at radius 1 is 0.895 bits per heavy atom. The van der Waals surface area contributed by atoms with Crippen LogP contribution in [0.5, 0.6) is 0 Å². The molecule has 0 saturated heterocycles. The lowest BCUT2D eigenvalue weighted by molar-refractivity contribution is 0.548. The van der Waals surface area contributed by atoms with Crippen molar-refractivity contribution in [2.75, 3.05) is 0 Å². The fourth-order valence-corrected chi connectivity index (χ4v) is 3.98. The van der Waals surface area contributed by atoms with Gasteiger partial charge in [0.2, 0.25) is 0 Å². The van der Waals surface area contributed by atoms with Crippen molar-refractivity contribution in [3.05, 3.63) is 47.8 Å². The van der Waals surface area contributed by atoms with Crippen LogP contribution in [-0.2, 0) is 12.5 Å². The number of fused-ring (bicyclic) bond motifs is 5. The van der Waals surface area contributed by atoms with Crippen LogP contribution in [0.25, 0.3) is 11.1 Å². The molecule has 1 spiro atoms. The van der Waals surface area contributed by atoms with Crippen molar-refractivity contribution in [3.8, 4) is 11.1 Å². The van der Waals surface area contributed by atoms with Crippen LogP contribution in [0.3, 0.4) is 0 Å². The van der Waals surface area contributed by atoms with Gasteiger partial charge in [-0.1, -0.05) is 51.0 Å². The summed E-state index contributed by atoms with van der Waals surface area (Å²) in [6.45, 7) is 4.00. The van der Waals surface area contributed by atoms with Crippen molar-refractivity contribution >= 4 is 0 Å². The van der Waals surface area contributed by atoms with E-state index in [4.69, 9.17) is 0 Å². The number of aryl methyl sites for hydroxylation is 1. The largest absolute Gasteiger partial charge is 0.356 e. The fraction of sp³-hybridized carbons (Fsp3) is 0.444. The van der Waals surface area contributed by atoms with Crippen LogP contribution in [0.1, 0.15) is 50.7 Å². The van der Waals surface area contributed by atoms with Gasteiger partial charge in [0.05, 0.1) is 0 Å². The monoisotopic (exact) mass is 253 g/mol. The number of hydrogen-bond acceptors (Lipinski definition) is 0. The molecule has 1 aromatic carbocycles. The molecule has 2 aliphatic rings. The summed E-state index contributed by atoms with van der Waals surface area (Å²) in [6.07, 6.45) is 10.1. The van der Waals surface area contributed by atoms with Crippen molar-refractivity contribution in [1.29, 1.82) is 0 Å². The Kier molecular flexibility index (Phi) is 3.00. The number of nitrogens with zero attached hydrogens (tertiary/aromatic N) is 1. The average molecular weight is 253 g/mol. The molecular formula is C18H23N. The van der Waals surface area contributed by atoms with Crippen LogP contribution in [0.15, 0.2) is 36.7 Å². The average Bonchev–Trinajstić information content (AvgIpc) is 3.12. The zero-order chi connectivity index (χ0) is 13.5. The van der Waals surface area contributed by atoms with E-state index in [-0.39, 0.29) is 0 Å². The van der Waals surface area contributed by atoms with E-state index >= 15 is 0 Å². The van der Waals surface area contributed by atoms with Crippen molar-refractivity contribution in [1.82, 2.24) is 4.57 Å². The molecule has 2 aliphatic carbocycles. The second-order valence-corrected chi connectivity index (χ2v) is 5.59. The van der Waals surface area contributed by atoms with Crippen molar-refractivity contribution in [2.24, 2.45) is 7.05 Å². The molecule has 1 heteroatoms. The zero-order valence-corrected chi connectivity index (χ0v) is 12.2. The summed E-state index contributed by atoms with van der Waals surface area (Å²) in [6, 6.07) is 9.01.